The molecule has 1 aliphatic heterocycles. The van der Waals surface area contributed by atoms with Gasteiger partial charge < -0.3 is 9.62 Å². The van der Waals surface area contributed by atoms with Gasteiger partial charge in [-0.1, -0.05) is 42.5 Å². The van der Waals surface area contributed by atoms with Crippen LogP contribution in [-0.2, 0) is 0 Å². The average Bonchev–Trinajstić information content (AvgIpc) is 2.93. The van der Waals surface area contributed by atoms with E-state index in [1.807, 2.05) is 24.4 Å². The van der Waals surface area contributed by atoms with E-state index in [1.54, 1.807) is 0 Å². The lowest BCUT2D eigenvalue weighted by atomic mass is 10.1. The van der Waals surface area contributed by atoms with Crippen molar-refractivity contribution in [2.45, 2.75) is 0 Å². The molecule has 1 aromatic heterocycles. The van der Waals surface area contributed by atoms with Crippen LogP contribution in [0.3, 0.4) is 0 Å². The number of para-hydroxylation sites is 2. The molecule has 0 fully saturated rings. The van der Waals surface area contributed by atoms with Gasteiger partial charge >= 0.3 is 7.55 Å². The number of fused-ring (bicyclic) bond motifs is 1. The van der Waals surface area contributed by atoms with E-state index in [2.05, 4.69) is 77.7 Å². The molecule has 0 N–H and O–H groups in total. The lowest BCUT2D eigenvalue weighted by molar-refractivity contribution is 1.25. The second-order valence-corrected chi connectivity index (χ2v) is 5.36. The highest BCUT2D eigenvalue weighted by molar-refractivity contribution is 6.52. The summed E-state index contributed by atoms with van der Waals surface area (Å²) in [5, 5.41) is 0. The maximum absolute atomic E-state index is 4.64. The van der Waals surface area contributed by atoms with Crippen LogP contribution in [0.5, 0.6) is 0 Å². The predicted octanol–water partition coefficient (Wildman–Crippen LogP) is 3.87. The molecule has 0 saturated carbocycles. The molecule has 1 radical (unpaired) electrons. The van der Waals surface area contributed by atoms with E-state index in [1.165, 1.54) is 11.3 Å². The molecule has 4 rings (SSSR count). The van der Waals surface area contributed by atoms with Crippen LogP contribution < -0.4 is 9.62 Å². The first-order valence-corrected chi connectivity index (χ1v) is 7.30. The van der Waals surface area contributed by atoms with E-state index in [0.29, 0.717) is 0 Å². The average molecular weight is 284 g/mol. The molecule has 0 amide bonds. The van der Waals surface area contributed by atoms with Crippen molar-refractivity contribution in [2.24, 2.45) is 0 Å². The third kappa shape index (κ3) is 2.13. The second-order valence-electron chi connectivity index (χ2n) is 5.36. The van der Waals surface area contributed by atoms with Crippen LogP contribution in [0.15, 0.2) is 72.9 Å². The summed E-state index contributed by atoms with van der Waals surface area (Å²) in [6.45, 7) is 0. The monoisotopic (exact) mass is 284 g/mol. The summed E-state index contributed by atoms with van der Waals surface area (Å²) in [6, 6.07) is 22.8. The number of nitrogens with zero attached hydrogens (tertiary/aromatic N) is 3. The predicted molar refractivity (Wildman–Crippen MR) is 92.4 cm³/mol. The molecule has 0 spiro atoms. The first kappa shape index (κ1) is 13.0. The summed E-state index contributed by atoms with van der Waals surface area (Å²) < 4.78 is 0. The Morgan fingerprint density at radius 2 is 1.50 bits per heavy atom. The van der Waals surface area contributed by atoms with Crippen LogP contribution >= 0.6 is 0 Å². The molecule has 0 saturated heterocycles. The minimum atomic E-state index is 0.927. The standard InChI is InChI=1S/C18H15BN3/c1-21-16-9-5-6-10-17(16)22(19-21)18-12-11-15(13-20-18)14-7-3-2-4-8-14/h2-13H,1H3. The Kier molecular flexibility index (Phi) is 3.08. The van der Waals surface area contributed by atoms with Crippen molar-refractivity contribution >= 4 is 24.7 Å². The van der Waals surface area contributed by atoms with Crippen LogP contribution in [0.1, 0.15) is 0 Å². The van der Waals surface area contributed by atoms with Gasteiger partial charge in [0.25, 0.3) is 0 Å². The number of rotatable bonds is 2. The van der Waals surface area contributed by atoms with Gasteiger partial charge in [0.05, 0.1) is 5.69 Å². The summed E-state index contributed by atoms with van der Waals surface area (Å²) in [7, 11) is 4.12. The molecule has 105 valence electrons. The zero-order chi connectivity index (χ0) is 14.9. The van der Waals surface area contributed by atoms with Crippen LogP contribution in [-0.4, -0.2) is 19.6 Å². The summed E-state index contributed by atoms with van der Waals surface area (Å²) in [4.78, 5) is 8.87. The second kappa shape index (κ2) is 5.22. The molecule has 3 nitrogen and oxygen atoms in total. The Hall–Kier alpha value is -2.75. The first-order valence-electron chi connectivity index (χ1n) is 7.30. The Morgan fingerprint density at radius 1 is 0.773 bits per heavy atom. The normalized spacial score (nSPS) is 13.0. The number of anilines is 3. The zero-order valence-corrected chi connectivity index (χ0v) is 12.3. The minimum absolute atomic E-state index is 0.927. The quantitative estimate of drug-likeness (QED) is 0.666. The van der Waals surface area contributed by atoms with E-state index in [-0.39, 0.29) is 0 Å². The van der Waals surface area contributed by atoms with Crippen molar-refractivity contribution in [2.75, 3.05) is 16.7 Å². The Labute approximate surface area is 131 Å². The van der Waals surface area contributed by atoms with Gasteiger partial charge in [-0.05, 0) is 36.9 Å². The maximum atomic E-state index is 4.64. The number of aromatic nitrogens is 1. The fourth-order valence-corrected chi connectivity index (χ4v) is 2.78. The minimum Gasteiger partial charge on any atom is -0.400 e. The number of pyridine rings is 1. The lowest BCUT2D eigenvalue weighted by Gasteiger charge is -2.17. The molecule has 22 heavy (non-hydrogen) atoms. The fourth-order valence-electron chi connectivity index (χ4n) is 2.78. The topological polar surface area (TPSA) is 19.4 Å². The molecule has 4 heteroatoms. The van der Waals surface area contributed by atoms with E-state index in [9.17, 15) is 0 Å². The highest BCUT2D eigenvalue weighted by Crippen LogP contribution is 2.37. The van der Waals surface area contributed by atoms with Gasteiger partial charge in [-0.15, -0.1) is 0 Å². The van der Waals surface area contributed by atoms with Gasteiger partial charge in [0.2, 0.25) is 0 Å². The Bertz CT molecular complexity index is 787. The van der Waals surface area contributed by atoms with Crippen molar-refractivity contribution in [3.8, 4) is 11.1 Å². The van der Waals surface area contributed by atoms with Crippen molar-refractivity contribution in [3.63, 3.8) is 0 Å². The van der Waals surface area contributed by atoms with Crippen molar-refractivity contribution in [1.82, 2.24) is 4.98 Å². The number of hydrogen-bond donors (Lipinski definition) is 0. The lowest BCUT2D eigenvalue weighted by Crippen LogP contribution is -2.29. The fraction of sp³-hybridized carbons (Fsp3) is 0.0556. The highest BCUT2D eigenvalue weighted by atomic mass is 15.3. The molecule has 2 heterocycles. The zero-order valence-electron chi connectivity index (χ0n) is 12.3. The van der Waals surface area contributed by atoms with E-state index in [0.717, 1.165) is 17.1 Å². The third-order valence-electron chi connectivity index (χ3n) is 3.91. The van der Waals surface area contributed by atoms with Crippen LogP contribution in [0.4, 0.5) is 17.2 Å². The molecule has 1 aliphatic rings. The van der Waals surface area contributed by atoms with E-state index >= 15 is 0 Å². The van der Waals surface area contributed by atoms with Crippen LogP contribution in [0, 0.1) is 0 Å². The Morgan fingerprint density at radius 3 is 2.23 bits per heavy atom. The summed E-state index contributed by atoms with van der Waals surface area (Å²) in [5.41, 5.74) is 4.66. The smallest absolute Gasteiger partial charge is 0.397 e. The Balaban J connectivity index is 1.68. The summed E-state index contributed by atoms with van der Waals surface area (Å²) in [6.07, 6.45) is 1.93. The summed E-state index contributed by atoms with van der Waals surface area (Å²) in [5.74, 6) is 0.927. The van der Waals surface area contributed by atoms with E-state index in [4.69, 9.17) is 0 Å². The molecular formula is C18H15BN3. The largest absolute Gasteiger partial charge is 0.400 e. The van der Waals surface area contributed by atoms with Crippen LogP contribution in [0.25, 0.3) is 11.1 Å². The van der Waals surface area contributed by atoms with Gasteiger partial charge in [0.15, 0.2) is 0 Å². The third-order valence-corrected chi connectivity index (χ3v) is 3.91. The van der Waals surface area contributed by atoms with Gasteiger partial charge in [-0.2, -0.15) is 0 Å². The van der Waals surface area contributed by atoms with Gasteiger partial charge in [0, 0.05) is 17.4 Å². The molecule has 0 unspecified atom stereocenters. The molecule has 0 atom stereocenters. The molecule has 3 aromatic rings. The maximum Gasteiger partial charge on any atom is 0.397 e. The number of hydrogen-bond acceptors (Lipinski definition) is 3. The van der Waals surface area contributed by atoms with Gasteiger partial charge in [-0.25, -0.2) is 4.98 Å². The summed E-state index contributed by atoms with van der Waals surface area (Å²) >= 11 is 0. The van der Waals surface area contributed by atoms with Crippen molar-refractivity contribution in [1.29, 1.82) is 0 Å². The van der Waals surface area contributed by atoms with E-state index < -0.39 is 0 Å². The molecule has 2 aromatic carbocycles. The first-order chi connectivity index (χ1) is 10.8. The molecule has 0 bridgehead atoms. The van der Waals surface area contributed by atoms with Gasteiger partial charge in [0.1, 0.15) is 5.82 Å². The SMILES string of the molecule is CN1[B]N(c2ccc(-c3ccccc3)cn2)c2ccccc21. The van der Waals surface area contributed by atoms with Gasteiger partial charge in [-0.3, -0.25) is 0 Å². The molecule has 0 aliphatic carbocycles. The van der Waals surface area contributed by atoms with Crippen molar-refractivity contribution < 1.29 is 0 Å². The number of benzene rings is 2. The van der Waals surface area contributed by atoms with Crippen molar-refractivity contribution in [3.05, 3.63) is 72.9 Å². The highest BCUT2D eigenvalue weighted by Gasteiger charge is 2.26. The van der Waals surface area contributed by atoms with Crippen LogP contribution in [0.2, 0.25) is 0 Å². The molecular weight excluding hydrogens is 269 g/mol.